The number of carbonyl (C=O) groups is 2. The molecule has 3 aliphatic heterocycles. The van der Waals surface area contributed by atoms with Gasteiger partial charge >= 0.3 is 18.7 Å². The molecule has 1 saturated carbocycles. The van der Waals surface area contributed by atoms with Gasteiger partial charge in [-0.1, -0.05) is 71.7 Å². The summed E-state index contributed by atoms with van der Waals surface area (Å²) in [5, 5.41) is 0.693. The number of esters is 1. The van der Waals surface area contributed by atoms with E-state index >= 15 is 0 Å². The van der Waals surface area contributed by atoms with E-state index in [1.54, 1.807) is 29.4 Å². The van der Waals surface area contributed by atoms with Gasteiger partial charge in [-0.25, -0.2) is 9.78 Å². The number of nitrogens with one attached hydrogen (secondary N) is 1. The summed E-state index contributed by atoms with van der Waals surface area (Å²) in [4.78, 5) is 34.0. The van der Waals surface area contributed by atoms with Crippen LogP contribution in [0.5, 0.6) is 11.5 Å². The van der Waals surface area contributed by atoms with Gasteiger partial charge in [-0.15, -0.1) is 0 Å². The van der Waals surface area contributed by atoms with E-state index in [1.165, 1.54) is 6.07 Å². The fourth-order valence-electron chi connectivity index (χ4n) is 7.03. The van der Waals surface area contributed by atoms with E-state index in [0.717, 1.165) is 56.6 Å². The van der Waals surface area contributed by atoms with Gasteiger partial charge in [-0.3, -0.25) is 14.6 Å². The molecule has 4 heterocycles. The average Bonchev–Trinajstić information content (AvgIpc) is 4.00. The third-order valence-electron chi connectivity index (χ3n) is 10.2. The third-order valence-corrected chi connectivity index (χ3v) is 10.9. The standard InChI is InChI=1S/C41H41Cl2F2N3O6.H2O/c42-33-21-46-22-34(43)32(33)20-36(30-12-13-35(53-40(44)45)37(19-30)51-25-28-10-11-28)52-39(49)18-26-6-8-27(9-7-26)23-48(31-4-2-1-3-5-31)41(50)54-38-24-47-16-14-29(38)15-17-47;/h1-9,12-13,19,21-22,28-29,36,38,40H,10-11,14-18,20,23-25H2;1H2/t36-,38-;/m0./s1. The number of pyridine rings is 1. The molecular weight excluding hydrogens is 755 g/mol. The van der Waals surface area contributed by atoms with Crippen LogP contribution in [0.3, 0.4) is 0 Å². The van der Waals surface area contributed by atoms with Gasteiger partial charge in [0.05, 0.1) is 19.6 Å². The number of aromatic nitrogens is 1. The molecule has 2 atom stereocenters. The van der Waals surface area contributed by atoms with Crippen LogP contribution in [0.4, 0.5) is 19.3 Å². The minimum absolute atomic E-state index is 0. The number of ether oxygens (including phenoxy) is 4. The van der Waals surface area contributed by atoms with Crippen molar-refractivity contribution in [3.63, 3.8) is 0 Å². The Morgan fingerprint density at radius 2 is 1.58 bits per heavy atom. The topological polar surface area (TPSA) is 122 Å². The smallest absolute Gasteiger partial charge is 0.414 e. The first-order chi connectivity index (χ1) is 26.2. The Morgan fingerprint density at radius 3 is 2.22 bits per heavy atom. The summed E-state index contributed by atoms with van der Waals surface area (Å²) in [5.41, 5.74) is 3.33. The molecule has 0 radical (unpaired) electrons. The molecule has 10 nitrogen and oxygen atoms in total. The monoisotopic (exact) mass is 797 g/mol. The molecule has 1 amide bonds. The first-order valence-electron chi connectivity index (χ1n) is 18.3. The summed E-state index contributed by atoms with van der Waals surface area (Å²) < 4.78 is 49.2. The van der Waals surface area contributed by atoms with E-state index in [9.17, 15) is 18.4 Å². The number of alkyl halides is 2. The van der Waals surface area contributed by atoms with Crippen LogP contribution >= 0.6 is 23.2 Å². The van der Waals surface area contributed by atoms with E-state index in [4.69, 9.17) is 42.1 Å². The van der Waals surface area contributed by atoms with E-state index in [2.05, 4.69) is 9.88 Å². The highest BCUT2D eigenvalue weighted by molar-refractivity contribution is 6.35. The fraction of sp³-hybridized carbons (Fsp3) is 0.390. The Balaban J connectivity index is 0.00000514. The van der Waals surface area contributed by atoms with Crippen LogP contribution < -0.4 is 19.4 Å². The normalized spacial score (nSPS) is 19.3. The van der Waals surface area contributed by atoms with Crippen LogP contribution in [-0.2, 0) is 33.7 Å². The van der Waals surface area contributed by atoms with Crippen LogP contribution in [0.2, 0.25) is 10.0 Å². The molecule has 14 heteroatoms. The molecule has 8 rings (SSSR count). The highest BCUT2D eigenvalue weighted by atomic mass is 35.5. The molecular formula is C41H43Cl2F2N3O7. The number of fused-ring (bicyclic) bond motifs is 3. The number of anilines is 1. The summed E-state index contributed by atoms with van der Waals surface area (Å²) in [5.74, 6) is 0.242. The maximum atomic E-state index is 13.6. The van der Waals surface area contributed by atoms with Crippen LogP contribution in [0, 0.1) is 11.8 Å². The predicted octanol–water partition coefficient (Wildman–Crippen LogP) is 8.33. The number of nitrogens with zero attached hydrogens (tertiary/aromatic N) is 2. The Morgan fingerprint density at radius 1 is 0.891 bits per heavy atom. The van der Waals surface area contributed by atoms with Gasteiger partial charge in [-0.2, -0.15) is 8.78 Å². The summed E-state index contributed by atoms with van der Waals surface area (Å²) >= 11 is 13.0. The average molecular weight is 799 g/mol. The lowest BCUT2D eigenvalue weighted by molar-refractivity contribution is -0.377. The molecule has 1 aliphatic carbocycles. The fourth-order valence-corrected chi connectivity index (χ4v) is 7.56. The van der Waals surface area contributed by atoms with Gasteiger partial charge in [-0.05, 0) is 91.6 Å². The van der Waals surface area contributed by atoms with Crippen molar-refractivity contribution in [3.05, 3.63) is 117 Å². The lowest BCUT2D eigenvalue weighted by Crippen LogP contribution is -2.53. The van der Waals surface area contributed by atoms with Gasteiger partial charge in [0, 0.05) is 24.2 Å². The number of para-hydroxylation sites is 1. The van der Waals surface area contributed by atoms with Crippen LogP contribution in [0.1, 0.15) is 54.0 Å². The number of amides is 1. The molecule has 4 aromatic rings. The third kappa shape index (κ3) is 10.6. The molecule has 4 aliphatic rings. The summed E-state index contributed by atoms with van der Waals surface area (Å²) in [6.45, 7) is 0.477. The summed E-state index contributed by atoms with van der Waals surface area (Å²) in [6.07, 6.45) is 5.90. The van der Waals surface area contributed by atoms with Crippen molar-refractivity contribution in [1.82, 2.24) is 4.90 Å². The van der Waals surface area contributed by atoms with Crippen molar-refractivity contribution in [2.24, 2.45) is 11.8 Å². The molecule has 0 spiro atoms. The van der Waals surface area contributed by atoms with Crippen molar-refractivity contribution < 1.29 is 47.8 Å². The maximum absolute atomic E-state index is 13.6. The molecule has 292 valence electrons. The first kappa shape index (κ1) is 40.2. The summed E-state index contributed by atoms with van der Waals surface area (Å²) in [7, 11) is 0. The van der Waals surface area contributed by atoms with Gasteiger partial charge in [0.1, 0.15) is 22.3 Å². The van der Waals surface area contributed by atoms with E-state index < -0.39 is 18.7 Å². The maximum Gasteiger partial charge on any atom is 0.414 e. The number of H-pyrrole nitrogens is 1. The lowest BCUT2D eigenvalue weighted by Gasteiger charge is -2.44. The lowest BCUT2D eigenvalue weighted by atomic mass is 9.86. The Hall–Kier alpha value is -4.49. The SMILES string of the molecule is O=C(Cc1ccc(CN(C(=O)O[C@H]2CN3CCC2CC3)c2ccccc2)cc1)O[C@@H](Cc1c(Cl)c[nH+]cc1Cl)c1ccc(OC(F)F)c(OCC2CC2)c1.[OH-]. The molecule has 0 unspecified atom stereocenters. The molecule has 3 saturated heterocycles. The van der Waals surface area contributed by atoms with E-state index in [1.807, 2.05) is 54.6 Å². The van der Waals surface area contributed by atoms with Crippen LogP contribution in [-0.4, -0.2) is 61.4 Å². The number of piperidine rings is 3. The number of carbonyl (C=O) groups excluding carboxylic acids is 2. The molecule has 2 N–H and O–H groups in total. The highest BCUT2D eigenvalue weighted by Gasteiger charge is 2.37. The second kappa shape index (κ2) is 18.4. The zero-order chi connectivity index (χ0) is 37.6. The van der Waals surface area contributed by atoms with Gasteiger partial charge < -0.3 is 24.4 Å². The molecule has 1 aromatic heterocycles. The number of halogens is 4. The number of benzene rings is 3. The minimum atomic E-state index is -3.04. The summed E-state index contributed by atoms with van der Waals surface area (Å²) in [6, 6.07) is 21.4. The first-order valence-corrected chi connectivity index (χ1v) is 19.0. The van der Waals surface area contributed by atoms with Crippen molar-refractivity contribution in [3.8, 4) is 11.5 Å². The van der Waals surface area contributed by atoms with Crippen molar-refractivity contribution in [2.45, 2.75) is 63.9 Å². The quantitative estimate of drug-likeness (QED) is 0.110. The van der Waals surface area contributed by atoms with Crippen LogP contribution in [0.15, 0.2) is 85.2 Å². The van der Waals surface area contributed by atoms with Gasteiger partial charge in [0.25, 0.3) is 0 Å². The largest absolute Gasteiger partial charge is 0.870 e. The number of hydrogen-bond acceptors (Lipinski definition) is 8. The second-order valence-electron chi connectivity index (χ2n) is 14.1. The predicted molar refractivity (Wildman–Crippen MR) is 201 cm³/mol. The van der Waals surface area contributed by atoms with Crippen LogP contribution in [0.25, 0.3) is 0 Å². The zero-order valence-corrected chi connectivity index (χ0v) is 31.6. The van der Waals surface area contributed by atoms with Crippen molar-refractivity contribution >= 4 is 41.0 Å². The Bertz CT molecular complexity index is 1890. The van der Waals surface area contributed by atoms with Crippen molar-refractivity contribution in [1.29, 1.82) is 0 Å². The number of hydrogen-bond donors (Lipinski definition) is 0. The highest BCUT2D eigenvalue weighted by Crippen LogP contribution is 2.38. The molecule has 55 heavy (non-hydrogen) atoms. The Labute approximate surface area is 328 Å². The number of aromatic amines is 1. The van der Waals surface area contributed by atoms with Crippen molar-refractivity contribution in [2.75, 3.05) is 31.1 Å². The Kier molecular flexibility index (Phi) is 13.5. The van der Waals surface area contributed by atoms with E-state index in [-0.39, 0.29) is 48.6 Å². The molecule has 4 fully saturated rings. The second-order valence-corrected chi connectivity index (χ2v) is 14.9. The zero-order valence-electron chi connectivity index (χ0n) is 30.1. The van der Waals surface area contributed by atoms with Gasteiger partial charge in [0.2, 0.25) is 0 Å². The van der Waals surface area contributed by atoms with E-state index in [0.29, 0.717) is 45.2 Å². The molecule has 3 aromatic carbocycles. The number of rotatable bonds is 15. The van der Waals surface area contributed by atoms with Gasteiger partial charge in [0.15, 0.2) is 23.9 Å². The minimum Gasteiger partial charge on any atom is -0.870 e. The molecule has 2 bridgehead atoms.